The van der Waals surface area contributed by atoms with Crippen LogP contribution < -0.4 is 0 Å². The van der Waals surface area contributed by atoms with E-state index in [0.29, 0.717) is 6.42 Å². The van der Waals surface area contributed by atoms with Crippen molar-refractivity contribution in [3.8, 4) is 5.75 Å². The molecule has 1 N–H and O–H groups in total. The first-order valence-corrected chi connectivity index (χ1v) is 3.45. The lowest BCUT2D eigenvalue weighted by molar-refractivity contribution is -0.107. The molecule has 0 atom stereocenters. The Morgan fingerprint density at radius 1 is 1.45 bits per heavy atom. The molecule has 0 aliphatic rings. The molecule has 0 heterocycles. The van der Waals surface area contributed by atoms with E-state index in [1.807, 2.05) is 13.0 Å². The van der Waals surface area contributed by atoms with E-state index in [1.165, 1.54) is 0 Å². The largest absolute Gasteiger partial charge is 0.508 e. The van der Waals surface area contributed by atoms with Crippen LogP contribution in [0.1, 0.15) is 11.1 Å². The van der Waals surface area contributed by atoms with Gasteiger partial charge in [0.25, 0.3) is 0 Å². The summed E-state index contributed by atoms with van der Waals surface area (Å²) in [6, 6.07) is 5.14. The number of aromatic hydroxyl groups is 1. The van der Waals surface area contributed by atoms with Crippen LogP contribution in [0.25, 0.3) is 0 Å². The maximum atomic E-state index is 10.1. The third kappa shape index (κ3) is 2.08. The third-order valence-electron chi connectivity index (χ3n) is 1.44. The number of phenolic OH excluding ortho intramolecular Hbond substituents is 1. The van der Waals surface area contributed by atoms with Gasteiger partial charge in [0.2, 0.25) is 0 Å². The summed E-state index contributed by atoms with van der Waals surface area (Å²) in [4.78, 5) is 10.1. The predicted octanol–water partition coefficient (Wildman–Crippen LogP) is 1.44. The molecule has 0 unspecified atom stereocenters. The van der Waals surface area contributed by atoms with Crippen molar-refractivity contribution >= 4 is 6.29 Å². The van der Waals surface area contributed by atoms with Gasteiger partial charge in [-0.2, -0.15) is 0 Å². The van der Waals surface area contributed by atoms with Crippen LogP contribution in [-0.4, -0.2) is 11.4 Å². The van der Waals surface area contributed by atoms with E-state index in [1.54, 1.807) is 12.1 Å². The molecular formula is C9H10O2. The monoisotopic (exact) mass is 150 g/mol. The van der Waals surface area contributed by atoms with Crippen LogP contribution in [-0.2, 0) is 11.2 Å². The third-order valence-corrected chi connectivity index (χ3v) is 1.44. The van der Waals surface area contributed by atoms with E-state index in [9.17, 15) is 4.79 Å². The summed E-state index contributed by atoms with van der Waals surface area (Å²) in [6.07, 6.45) is 1.20. The number of carbonyl (C=O) groups is 1. The van der Waals surface area contributed by atoms with Crippen molar-refractivity contribution in [1.82, 2.24) is 0 Å². The van der Waals surface area contributed by atoms with E-state index in [-0.39, 0.29) is 5.75 Å². The normalized spacial score (nSPS) is 9.55. The summed E-state index contributed by atoms with van der Waals surface area (Å²) in [6.45, 7) is 1.88. The van der Waals surface area contributed by atoms with Crippen LogP contribution in [0.2, 0.25) is 0 Å². The topological polar surface area (TPSA) is 37.3 Å². The van der Waals surface area contributed by atoms with Gasteiger partial charge in [0.05, 0.1) is 0 Å². The van der Waals surface area contributed by atoms with Crippen molar-refractivity contribution < 1.29 is 9.90 Å². The Bertz CT molecular complexity index is 246. The Kier molecular flexibility index (Phi) is 2.26. The van der Waals surface area contributed by atoms with Crippen molar-refractivity contribution in [2.75, 3.05) is 0 Å². The second-order valence-corrected chi connectivity index (χ2v) is 2.55. The number of benzene rings is 1. The molecule has 0 aromatic heterocycles. The number of carbonyl (C=O) groups excluding carboxylic acids is 1. The molecular weight excluding hydrogens is 140 g/mol. The lowest BCUT2D eigenvalue weighted by atomic mass is 10.1. The Hall–Kier alpha value is -1.31. The molecule has 1 aromatic carbocycles. The lowest BCUT2D eigenvalue weighted by Crippen LogP contribution is -1.86. The second kappa shape index (κ2) is 3.19. The van der Waals surface area contributed by atoms with Crippen LogP contribution in [0.4, 0.5) is 0 Å². The molecule has 58 valence electrons. The average molecular weight is 150 g/mol. The maximum absolute atomic E-state index is 10.1. The van der Waals surface area contributed by atoms with E-state index < -0.39 is 0 Å². The quantitative estimate of drug-likeness (QED) is 0.648. The number of hydrogen-bond donors (Lipinski definition) is 1. The molecule has 11 heavy (non-hydrogen) atoms. The zero-order valence-corrected chi connectivity index (χ0v) is 6.37. The second-order valence-electron chi connectivity index (χ2n) is 2.55. The predicted molar refractivity (Wildman–Crippen MR) is 42.6 cm³/mol. The van der Waals surface area contributed by atoms with Gasteiger partial charge in [-0.3, -0.25) is 0 Å². The summed E-state index contributed by atoms with van der Waals surface area (Å²) in [5.74, 6) is 0.224. The van der Waals surface area contributed by atoms with E-state index in [2.05, 4.69) is 0 Å². The highest BCUT2D eigenvalue weighted by molar-refractivity contribution is 5.55. The lowest BCUT2D eigenvalue weighted by Gasteiger charge is -1.98. The van der Waals surface area contributed by atoms with Crippen molar-refractivity contribution in [3.63, 3.8) is 0 Å². The molecule has 0 aliphatic carbocycles. The Labute approximate surface area is 65.5 Å². The van der Waals surface area contributed by atoms with Crippen LogP contribution in [0.5, 0.6) is 5.75 Å². The Morgan fingerprint density at radius 2 is 2.18 bits per heavy atom. The molecule has 2 heteroatoms. The fourth-order valence-corrected chi connectivity index (χ4v) is 1.05. The smallest absolute Gasteiger partial charge is 0.124 e. The minimum Gasteiger partial charge on any atom is -0.508 e. The van der Waals surface area contributed by atoms with Crippen molar-refractivity contribution in [2.24, 2.45) is 0 Å². The summed E-state index contributed by atoms with van der Waals surface area (Å²) in [5.41, 5.74) is 1.83. The molecule has 1 rings (SSSR count). The number of phenols is 1. The first-order valence-electron chi connectivity index (χ1n) is 3.45. The highest BCUT2D eigenvalue weighted by atomic mass is 16.3. The van der Waals surface area contributed by atoms with Gasteiger partial charge in [0.15, 0.2) is 0 Å². The number of aldehydes is 1. The van der Waals surface area contributed by atoms with Gasteiger partial charge >= 0.3 is 0 Å². The molecule has 0 amide bonds. The zero-order valence-electron chi connectivity index (χ0n) is 6.37. The first kappa shape index (κ1) is 7.79. The minimum atomic E-state index is 0.224. The van der Waals surface area contributed by atoms with Crippen LogP contribution in [0, 0.1) is 6.92 Å². The molecule has 0 saturated heterocycles. The summed E-state index contributed by atoms with van der Waals surface area (Å²) in [5, 5.41) is 9.10. The van der Waals surface area contributed by atoms with E-state index >= 15 is 0 Å². The Morgan fingerprint density at radius 3 is 2.73 bits per heavy atom. The van der Waals surface area contributed by atoms with Crippen molar-refractivity contribution in [3.05, 3.63) is 29.3 Å². The van der Waals surface area contributed by atoms with Gasteiger partial charge in [0.1, 0.15) is 12.0 Å². The fraction of sp³-hybridized carbons (Fsp3) is 0.222. The highest BCUT2D eigenvalue weighted by Gasteiger charge is 1.95. The molecule has 0 fully saturated rings. The van der Waals surface area contributed by atoms with Crippen LogP contribution in [0.3, 0.4) is 0 Å². The van der Waals surface area contributed by atoms with Crippen LogP contribution in [0.15, 0.2) is 18.2 Å². The Balaban J connectivity index is 2.98. The molecule has 2 nitrogen and oxygen atoms in total. The standard InChI is InChI=1S/C9H10O2/c1-7-4-8(2-3-10)6-9(11)5-7/h3-6,11H,2H2,1H3. The van der Waals surface area contributed by atoms with Gasteiger partial charge < -0.3 is 9.90 Å². The molecule has 0 aliphatic heterocycles. The zero-order chi connectivity index (χ0) is 8.27. The molecule has 0 radical (unpaired) electrons. The van der Waals surface area contributed by atoms with Crippen molar-refractivity contribution in [1.29, 1.82) is 0 Å². The van der Waals surface area contributed by atoms with Crippen molar-refractivity contribution in [2.45, 2.75) is 13.3 Å². The molecule has 0 saturated carbocycles. The summed E-state index contributed by atoms with van der Waals surface area (Å²) < 4.78 is 0. The van der Waals surface area contributed by atoms with E-state index in [0.717, 1.165) is 17.4 Å². The van der Waals surface area contributed by atoms with Gasteiger partial charge in [-0.1, -0.05) is 6.07 Å². The van der Waals surface area contributed by atoms with Gasteiger partial charge in [-0.25, -0.2) is 0 Å². The first-order chi connectivity index (χ1) is 5.22. The molecule has 1 aromatic rings. The van der Waals surface area contributed by atoms with Gasteiger partial charge in [0, 0.05) is 6.42 Å². The molecule has 0 bridgehead atoms. The fourth-order valence-electron chi connectivity index (χ4n) is 1.05. The maximum Gasteiger partial charge on any atom is 0.124 e. The average Bonchev–Trinajstić information content (AvgIpc) is 1.85. The SMILES string of the molecule is Cc1cc(O)cc(CC=O)c1. The van der Waals surface area contributed by atoms with E-state index in [4.69, 9.17) is 5.11 Å². The number of hydrogen-bond acceptors (Lipinski definition) is 2. The highest BCUT2D eigenvalue weighted by Crippen LogP contribution is 2.14. The number of rotatable bonds is 2. The van der Waals surface area contributed by atoms with Crippen LogP contribution >= 0.6 is 0 Å². The number of aryl methyl sites for hydroxylation is 1. The molecule has 0 spiro atoms. The summed E-state index contributed by atoms with van der Waals surface area (Å²) >= 11 is 0. The van der Waals surface area contributed by atoms with Gasteiger partial charge in [-0.05, 0) is 30.2 Å². The van der Waals surface area contributed by atoms with Gasteiger partial charge in [-0.15, -0.1) is 0 Å². The summed E-state index contributed by atoms with van der Waals surface area (Å²) in [7, 11) is 0. The minimum absolute atomic E-state index is 0.224.